The number of benzene rings is 1. The number of allylic oxidation sites excluding steroid dienone is 1. The fourth-order valence-corrected chi connectivity index (χ4v) is 1.54. The van der Waals surface area contributed by atoms with Gasteiger partial charge in [0.25, 0.3) is 0 Å². The van der Waals surface area contributed by atoms with E-state index in [1.165, 1.54) is 0 Å². The molecule has 0 bridgehead atoms. The largest absolute Gasteiger partial charge is 0.294 e. The molecule has 0 aromatic heterocycles. The lowest BCUT2D eigenvalue weighted by Crippen LogP contribution is -1.97. The molecule has 0 aliphatic heterocycles. The maximum Gasteiger partial charge on any atom is 0.168 e. The average Bonchev–Trinajstić information content (AvgIpc) is 2.09. The molecule has 0 heterocycles. The zero-order chi connectivity index (χ0) is 9.84. The number of Topliss-reactive ketones (excluding diaryl/α,β-unsaturated/α-hetero) is 1. The van der Waals surface area contributed by atoms with E-state index in [0.717, 1.165) is 4.47 Å². The molecule has 0 saturated heterocycles. The van der Waals surface area contributed by atoms with Gasteiger partial charge in [0.1, 0.15) is 0 Å². The van der Waals surface area contributed by atoms with Gasteiger partial charge in [-0.2, -0.15) is 0 Å². The van der Waals surface area contributed by atoms with Gasteiger partial charge >= 0.3 is 0 Å². The first kappa shape index (κ1) is 10.5. The Kier molecular flexibility index (Phi) is 3.70. The molecule has 0 N–H and O–H groups in total. The predicted octanol–water partition coefficient (Wildman–Crippen LogP) is 3.86. The lowest BCUT2D eigenvalue weighted by Gasteiger charge is -2.01. The fourth-order valence-electron chi connectivity index (χ4n) is 0.952. The predicted molar refractivity (Wildman–Crippen MR) is 58.3 cm³/mol. The van der Waals surface area contributed by atoms with Gasteiger partial charge < -0.3 is 0 Å². The lowest BCUT2D eigenvalue weighted by molar-refractivity contribution is 0.0996. The first-order chi connectivity index (χ1) is 6.15. The summed E-state index contributed by atoms with van der Waals surface area (Å²) in [7, 11) is 0. The minimum atomic E-state index is -0.0127. The van der Waals surface area contributed by atoms with Crippen molar-refractivity contribution in [3.63, 3.8) is 0 Å². The van der Waals surface area contributed by atoms with Crippen LogP contribution < -0.4 is 0 Å². The van der Waals surface area contributed by atoms with Crippen LogP contribution >= 0.6 is 27.5 Å². The van der Waals surface area contributed by atoms with Crippen molar-refractivity contribution in [2.45, 2.75) is 6.42 Å². The van der Waals surface area contributed by atoms with Crippen molar-refractivity contribution in [1.82, 2.24) is 0 Å². The van der Waals surface area contributed by atoms with E-state index in [1.54, 1.807) is 24.3 Å². The summed E-state index contributed by atoms with van der Waals surface area (Å²) in [6.07, 6.45) is 1.88. The Morgan fingerprint density at radius 1 is 1.62 bits per heavy atom. The minimum Gasteiger partial charge on any atom is -0.294 e. The SMILES string of the molecule is C=CCC(=O)c1cc(Br)ccc1Cl. The maximum absolute atomic E-state index is 11.4. The van der Waals surface area contributed by atoms with Crippen molar-refractivity contribution in [3.8, 4) is 0 Å². The van der Waals surface area contributed by atoms with Gasteiger partial charge in [0.15, 0.2) is 5.78 Å². The zero-order valence-electron chi connectivity index (χ0n) is 6.89. The number of carbonyl (C=O) groups is 1. The van der Waals surface area contributed by atoms with Crippen LogP contribution in [0.3, 0.4) is 0 Å². The summed E-state index contributed by atoms with van der Waals surface area (Å²) in [4.78, 5) is 11.4. The van der Waals surface area contributed by atoms with E-state index in [2.05, 4.69) is 22.5 Å². The number of halogens is 2. The van der Waals surface area contributed by atoms with Crippen LogP contribution in [0.4, 0.5) is 0 Å². The number of carbonyl (C=O) groups excluding carboxylic acids is 1. The van der Waals surface area contributed by atoms with Crippen LogP contribution in [0.25, 0.3) is 0 Å². The van der Waals surface area contributed by atoms with E-state index >= 15 is 0 Å². The Hall–Kier alpha value is -0.600. The number of hydrogen-bond acceptors (Lipinski definition) is 1. The van der Waals surface area contributed by atoms with Crippen LogP contribution in [-0.4, -0.2) is 5.78 Å². The normalized spacial score (nSPS) is 9.69. The van der Waals surface area contributed by atoms with Crippen molar-refractivity contribution in [3.05, 3.63) is 45.9 Å². The van der Waals surface area contributed by atoms with E-state index in [0.29, 0.717) is 17.0 Å². The Labute approximate surface area is 90.5 Å². The van der Waals surface area contributed by atoms with Crippen LogP contribution in [0.2, 0.25) is 5.02 Å². The highest BCUT2D eigenvalue weighted by atomic mass is 79.9. The third-order valence-corrected chi connectivity index (χ3v) is 2.38. The van der Waals surface area contributed by atoms with E-state index in [9.17, 15) is 4.79 Å². The number of ketones is 1. The molecule has 0 saturated carbocycles. The minimum absolute atomic E-state index is 0.0127. The second kappa shape index (κ2) is 4.58. The summed E-state index contributed by atoms with van der Waals surface area (Å²) < 4.78 is 0.851. The van der Waals surface area contributed by atoms with Crippen LogP contribution in [-0.2, 0) is 0 Å². The molecule has 0 amide bonds. The van der Waals surface area contributed by atoms with Crippen molar-refractivity contribution in [1.29, 1.82) is 0 Å². The topological polar surface area (TPSA) is 17.1 Å². The quantitative estimate of drug-likeness (QED) is 0.595. The van der Waals surface area contributed by atoms with Crippen molar-refractivity contribution >= 4 is 33.3 Å². The molecule has 1 nitrogen and oxygen atoms in total. The summed E-state index contributed by atoms with van der Waals surface area (Å²) in [6, 6.07) is 5.21. The molecule has 0 unspecified atom stereocenters. The van der Waals surface area contributed by atoms with Gasteiger partial charge in [0.2, 0.25) is 0 Å². The van der Waals surface area contributed by atoms with Gasteiger partial charge in [-0.15, -0.1) is 6.58 Å². The van der Waals surface area contributed by atoms with Gasteiger partial charge in [-0.25, -0.2) is 0 Å². The van der Waals surface area contributed by atoms with Gasteiger partial charge in [0, 0.05) is 16.5 Å². The molecule has 1 rings (SSSR count). The molecule has 0 atom stereocenters. The Morgan fingerprint density at radius 3 is 2.92 bits per heavy atom. The van der Waals surface area contributed by atoms with E-state index in [-0.39, 0.29) is 5.78 Å². The average molecular weight is 260 g/mol. The van der Waals surface area contributed by atoms with Crippen molar-refractivity contribution in [2.24, 2.45) is 0 Å². The smallest absolute Gasteiger partial charge is 0.168 e. The molecule has 0 spiro atoms. The summed E-state index contributed by atoms with van der Waals surface area (Å²) in [5.74, 6) is -0.0127. The van der Waals surface area contributed by atoms with E-state index in [4.69, 9.17) is 11.6 Å². The molecule has 0 aliphatic rings. The van der Waals surface area contributed by atoms with E-state index < -0.39 is 0 Å². The van der Waals surface area contributed by atoms with Crippen molar-refractivity contribution < 1.29 is 4.79 Å². The van der Waals surface area contributed by atoms with Crippen LogP contribution in [0, 0.1) is 0 Å². The molecule has 68 valence electrons. The summed E-state index contributed by atoms with van der Waals surface area (Å²) in [6.45, 7) is 3.50. The summed E-state index contributed by atoms with van der Waals surface area (Å²) >= 11 is 9.13. The van der Waals surface area contributed by atoms with Crippen molar-refractivity contribution in [2.75, 3.05) is 0 Å². The molecular weight excluding hydrogens is 251 g/mol. The molecule has 3 heteroatoms. The molecule has 1 aromatic carbocycles. The third-order valence-electron chi connectivity index (χ3n) is 1.56. The standard InChI is InChI=1S/C10H8BrClO/c1-2-3-10(13)8-6-7(11)4-5-9(8)12/h2,4-6H,1,3H2. The highest BCUT2D eigenvalue weighted by Crippen LogP contribution is 2.22. The molecule has 0 aliphatic carbocycles. The van der Waals surface area contributed by atoms with Crippen LogP contribution in [0.15, 0.2) is 35.3 Å². The Balaban J connectivity index is 3.05. The Morgan fingerprint density at radius 2 is 2.31 bits per heavy atom. The van der Waals surface area contributed by atoms with Gasteiger partial charge in [-0.3, -0.25) is 4.79 Å². The first-order valence-electron chi connectivity index (χ1n) is 3.74. The molecule has 13 heavy (non-hydrogen) atoms. The van der Waals surface area contributed by atoms with Crippen LogP contribution in [0.1, 0.15) is 16.8 Å². The summed E-state index contributed by atoms with van der Waals surface area (Å²) in [5.41, 5.74) is 0.538. The highest BCUT2D eigenvalue weighted by Gasteiger charge is 2.08. The monoisotopic (exact) mass is 258 g/mol. The van der Waals surface area contributed by atoms with Gasteiger partial charge in [-0.05, 0) is 18.2 Å². The molecular formula is C10H8BrClO. The first-order valence-corrected chi connectivity index (χ1v) is 4.91. The second-order valence-corrected chi connectivity index (χ2v) is 3.86. The second-order valence-electron chi connectivity index (χ2n) is 2.54. The van der Waals surface area contributed by atoms with Gasteiger partial charge in [0.05, 0.1) is 5.02 Å². The highest BCUT2D eigenvalue weighted by molar-refractivity contribution is 9.10. The van der Waals surface area contributed by atoms with E-state index in [1.807, 2.05) is 0 Å². The van der Waals surface area contributed by atoms with Crippen LogP contribution in [0.5, 0.6) is 0 Å². The molecule has 0 fully saturated rings. The lowest BCUT2D eigenvalue weighted by atomic mass is 10.1. The molecule has 1 aromatic rings. The Bertz CT molecular complexity index is 347. The fraction of sp³-hybridized carbons (Fsp3) is 0.100. The number of hydrogen-bond donors (Lipinski definition) is 0. The zero-order valence-corrected chi connectivity index (χ0v) is 9.23. The third kappa shape index (κ3) is 2.68. The molecule has 0 radical (unpaired) electrons. The summed E-state index contributed by atoms with van der Waals surface area (Å²) in [5, 5.41) is 0.482. The van der Waals surface area contributed by atoms with Gasteiger partial charge in [-0.1, -0.05) is 33.6 Å². The number of rotatable bonds is 3. The maximum atomic E-state index is 11.4.